The smallest absolute Gasteiger partial charge is 0.236 e. The molecule has 0 radical (unpaired) electrons. The number of nitrogens with one attached hydrogen (secondary N) is 1. The average Bonchev–Trinajstić information content (AvgIpc) is 3.24. The van der Waals surface area contributed by atoms with Crippen LogP contribution in [0.3, 0.4) is 0 Å². The lowest BCUT2D eigenvalue weighted by Gasteiger charge is -2.00. The summed E-state index contributed by atoms with van der Waals surface area (Å²) >= 11 is 5.27. The number of thiazole rings is 1. The maximum absolute atomic E-state index is 12.1. The van der Waals surface area contributed by atoms with Crippen LogP contribution in [0.25, 0.3) is 10.2 Å². The molecular formula is C15H15N5O3S4. The van der Waals surface area contributed by atoms with Crippen LogP contribution in [0.1, 0.15) is 6.92 Å². The summed E-state index contributed by atoms with van der Waals surface area (Å²) < 4.78 is 7.89. The van der Waals surface area contributed by atoms with Crippen LogP contribution >= 0.6 is 46.2 Å². The largest absolute Gasteiger partial charge is 0.494 e. The second kappa shape index (κ2) is 9.35. The molecule has 0 atom stereocenters. The topological polar surface area (TPSA) is 120 Å². The van der Waals surface area contributed by atoms with Crippen molar-refractivity contribution in [3.8, 4) is 5.75 Å². The highest BCUT2D eigenvalue weighted by atomic mass is 32.2. The second-order valence-corrected chi connectivity index (χ2v) is 9.46. The summed E-state index contributed by atoms with van der Waals surface area (Å²) in [6.45, 7) is 2.55. The number of hydrogen-bond acceptors (Lipinski definition) is 10. The van der Waals surface area contributed by atoms with Gasteiger partial charge < -0.3 is 10.5 Å². The predicted molar refractivity (Wildman–Crippen MR) is 110 cm³/mol. The van der Waals surface area contributed by atoms with Gasteiger partial charge in [0.05, 0.1) is 28.3 Å². The summed E-state index contributed by atoms with van der Waals surface area (Å²) in [5.74, 6) is 0.519. The van der Waals surface area contributed by atoms with Gasteiger partial charge in [0.25, 0.3) is 0 Å². The van der Waals surface area contributed by atoms with Gasteiger partial charge in [0.15, 0.2) is 8.68 Å². The van der Waals surface area contributed by atoms with Gasteiger partial charge in [-0.15, -0.1) is 21.5 Å². The molecule has 142 valence electrons. The summed E-state index contributed by atoms with van der Waals surface area (Å²) in [5.41, 5.74) is 5.97. The molecule has 27 heavy (non-hydrogen) atoms. The first kappa shape index (κ1) is 19.9. The van der Waals surface area contributed by atoms with E-state index >= 15 is 0 Å². The number of nitrogens with two attached hydrogens (primary N) is 1. The highest BCUT2D eigenvalue weighted by molar-refractivity contribution is 8.02. The lowest BCUT2D eigenvalue weighted by atomic mass is 10.3. The zero-order chi connectivity index (χ0) is 19.2. The minimum atomic E-state index is -0.429. The Morgan fingerprint density at radius 3 is 2.78 bits per heavy atom. The van der Waals surface area contributed by atoms with E-state index in [-0.39, 0.29) is 17.4 Å². The standard InChI is InChI=1S/C15H15N5O3S4/c1-2-23-8-3-4-9-10(5-8)26-14(17-9)25-7-12(22)18-13-19-20-15(27-13)24-6-11(16)21/h3-5H,2,6-7H2,1H3,(H2,16,21)(H,18,19,22). The number of carbonyl (C=O) groups excluding carboxylic acids is 2. The van der Waals surface area contributed by atoms with Crippen LogP contribution in [0.15, 0.2) is 26.9 Å². The average molecular weight is 442 g/mol. The molecule has 0 aliphatic heterocycles. The number of carbonyl (C=O) groups is 2. The quantitative estimate of drug-likeness (QED) is 0.384. The molecule has 3 aromatic rings. The van der Waals surface area contributed by atoms with Gasteiger partial charge in [0, 0.05) is 0 Å². The number of fused-ring (bicyclic) bond motifs is 1. The van der Waals surface area contributed by atoms with Gasteiger partial charge in [-0.1, -0.05) is 34.9 Å². The molecule has 0 unspecified atom stereocenters. The van der Waals surface area contributed by atoms with Crippen LogP contribution in [0.4, 0.5) is 5.13 Å². The number of nitrogens with zero attached hydrogens (tertiary/aromatic N) is 3. The monoisotopic (exact) mass is 441 g/mol. The Bertz CT molecular complexity index is 958. The summed E-state index contributed by atoms with van der Waals surface area (Å²) in [4.78, 5) is 27.4. The predicted octanol–water partition coefficient (Wildman–Crippen LogP) is 2.85. The fraction of sp³-hybridized carbons (Fsp3) is 0.267. The Morgan fingerprint density at radius 1 is 1.19 bits per heavy atom. The van der Waals surface area contributed by atoms with Crippen LogP contribution in [0, 0.1) is 0 Å². The van der Waals surface area contributed by atoms with E-state index in [2.05, 4.69) is 20.5 Å². The third-order valence-electron chi connectivity index (χ3n) is 2.97. The molecule has 0 saturated carbocycles. The molecule has 0 saturated heterocycles. The molecule has 2 amide bonds. The third kappa shape index (κ3) is 5.79. The Morgan fingerprint density at radius 2 is 2.00 bits per heavy atom. The van der Waals surface area contributed by atoms with Crippen molar-refractivity contribution in [1.82, 2.24) is 15.2 Å². The molecule has 0 aliphatic carbocycles. The van der Waals surface area contributed by atoms with E-state index in [0.29, 0.717) is 16.1 Å². The molecule has 0 fully saturated rings. The van der Waals surface area contributed by atoms with E-state index in [9.17, 15) is 9.59 Å². The minimum absolute atomic E-state index is 0.126. The number of aromatic nitrogens is 3. The minimum Gasteiger partial charge on any atom is -0.494 e. The Balaban J connectivity index is 1.53. The number of hydrogen-bond donors (Lipinski definition) is 2. The van der Waals surface area contributed by atoms with E-state index in [1.807, 2.05) is 25.1 Å². The Kier molecular flexibility index (Phi) is 6.88. The summed E-state index contributed by atoms with van der Waals surface area (Å²) in [6.07, 6.45) is 0. The zero-order valence-electron chi connectivity index (χ0n) is 14.1. The highest BCUT2D eigenvalue weighted by Crippen LogP contribution is 2.32. The number of anilines is 1. The molecule has 8 nitrogen and oxygen atoms in total. The number of primary amides is 1. The molecule has 0 spiro atoms. The first-order valence-corrected chi connectivity index (χ1v) is 11.3. The third-order valence-corrected chi connectivity index (χ3v) is 7.12. The summed E-state index contributed by atoms with van der Waals surface area (Å²) in [7, 11) is 0. The number of ether oxygens (including phenoxy) is 1. The summed E-state index contributed by atoms with van der Waals surface area (Å²) in [6, 6.07) is 5.75. The van der Waals surface area contributed by atoms with Gasteiger partial charge in [-0.2, -0.15) is 0 Å². The van der Waals surface area contributed by atoms with Crippen molar-refractivity contribution in [2.75, 3.05) is 23.4 Å². The van der Waals surface area contributed by atoms with Gasteiger partial charge >= 0.3 is 0 Å². The van der Waals surface area contributed by atoms with Crippen molar-refractivity contribution in [2.45, 2.75) is 15.6 Å². The lowest BCUT2D eigenvalue weighted by Crippen LogP contribution is -2.13. The number of amides is 2. The van der Waals surface area contributed by atoms with Crippen molar-refractivity contribution in [3.05, 3.63) is 18.2 Å². The molecule has 1 aromatic carbocycles. The molecule has 0 aliphatic rings. The van der Waals surface area contributed by atoms with E-state index in [4.69, 9.17) is 10.5 Å². The molecular weight excluding hydrogens is 426 g/mol. The van der Waals surface area contributed by atoms with Gasteiger partial charge in [-0.25, -0.2) is 4.98 Å². The van der Waals surface area contributed by atoms with Crippen LogP contribution in [0.2, 0.25) is 0 Å². The second-order valence-electron chi connectivity index (χ2n) is 5.01. The van der Waals surface area contributed by atoms with Crippen molar-refractivity contribution < 1.29 is 14.3 Å². The van der Waals surface area contributed by atoms with E-state index < -0.39 is 5.91 Å². The first-order chi connectivity index (χ1) is 13.0. The van der Waals surface area contributed by atoms with Gasteiger partial charge in [0.2, 0.25) is 16.9 Å². The molecule has 3 N–H and O–H groups in total. The van der Waals surface area contributed by atoms with Gasteiger partial charge in [0.1, 0.15) is 5.75 Å². The molecule has 0 bridgehead atoms. The number of benzene rings is 1. The van der Waals surface area contributed by atoms with Crippen LogP contribution in [-0.4, -0.2) is 45.1 Å². The number of thioether (sulfide) groups is 2. The van der Waals surface area contributed by atoms with Crippen molar-refractivity contribution in [1.29, 1.82) is 0 Å². The fourth-order valence-electron chi connectivity index (χ4n) is 1.94. The maximum Gasteiger partial charge on any atom is 0.236 e. The van der Waals surface area contributed by atoms with E-state index in [1.54, 1.807) is 0 Å². The Hall–Kier alpha value is -1.89. The van der Waals surface area contributed by atoms with E-state index in [1.165, 1.54) is 46.2 Å². The fourth-order valence-corrected chi connectivity index (χ4v) is 5.34. The van der Waals surface area contributed by atoms with Crippen molar-refractivity contribution >= 4 is 73.4 Å². The van der Waals surface area contributed by atoms with Gasteiger partial charge in [-0.3, -0.25) is 14.9 Å². The normalized spacial score (nSPS) is 10.9. The van der Waals surface area contributed by atoms with Gasteiger partial charge in [-0.05, 0) is 25.1 Å². The Labute approximate surface area is 171 Å². The van der Waals surface area contributed by atoms with Crippen LogP contribution in [-0.2, 0) is 9.59 Å². The van der Waals surface area contributed by atoms with E-state index in [0.717, 1.165) is 20.3 Å². The van der Waals surface area contributed by atoms with Crippen molar-refractivity contribution in [2.24, 2.45) is 5.73 Å². The van der Waals surface area contributed by atoms with Crippen LogP contribution < -0.4 is 15.8 Å². The molecule has 2 aromatic heterocycles. The summed E-state index contributed by atoms with van der Waals surface area (Å²) in [5, 5.41) is 10.8. The van der Waals surface area contributed by atoms with Crippen LogP contribution in [0.5, 0.6) is 5.75 Å². The first-order valence-electron chi connectivity index (χ1n) is 7.74. The lowest BCUT2D eigenvalue weighted by molar-refractivity contribution is -0.115. The molecule has 12 heteroatoms. The maximum atomic E-state index is 12.1. The highest BCUT2D eigenvalue weighted by Gasteiger charge is 2.12. The zero-order valence-corrected chi connectivity index (χ0v) is 17.4. The molecule has 2 heterocycles. The molecule has 3 rings (SSSR count). The number of rotatable bonds is 9. The van der Waals surface area contributed by atoms with Crippen molar-refractivity contribution in [3.63, 3.8) is 0 Å². The SMILES string of the molecule is CCOc1ccc2nc(SCC(=O)Nc3nnc(SCC(N)=O)s3)sc2c1.